The predicted octanol–water partition coefficient (Wildman–Crippen LogP) is 4.36. The molecule has 0 saturated carbocycles. The smallest absolute Gasteiger partial charge is 0.871 e. The van der Waals surface area contributed by atoms with Crippen LogP contribution in [0.1, 0.15) is 13.8 Å². The normalized spacial score (nSPS) is 12.4. The summed E-state index contributed by atoms with van der Waals surface area (Å²) in [4.78, 5) is 24.2. The first-order valence-electron chi connectivity index (χ1n) is 15.3. The Balaban J connectivity index is 0.000000373. The van der Waals surface area contributed by atoms with E-state index in [9.17, 15) is 46.9 Å². The summed E-state index contributed by atoms with van der Waals surface area (Å²) < 4.78 is 51.5. The third kappa shape index (κ3) is 13.1. The molecule has 0 fully saturated rings. The van der Waals surface area contributed by atoms with Crippen molar-refractivity contribution in [3.8, 4) is 11.5 Å². The summed E-state index contributed by atoms with van der Waals surface area (Å²) in [7, 11) is -5.11. The van der Waals surface area contributed by atoms with Gasteiger partial charge >= 0.3 is 17.1 Å². The van der Waals surface area contributed by atoms with Crippen molar-refractivity contribution in [3.05, 3.63) is 120 Å². The number of para-hydroxylation sites is 2. The van der Waals surface area contributed by atoms with Crippen molar-refractivity contribution in [3.63, 3.8) is 0 Å². The summed E-state index contributed by atoms with van der Waals surface area (Å²) in [6, 6.07) is 23.3. The van der Waals surface area contributed by atoms with Crippen molar-refractivity contribution in [2.45, 2.75) is 23.6 Å². The van der Waals surface area contributed by atoms with E-state index in [4.69, 9.17) is 0 Å². The number of sulfonamides is 2. The largest absolute Gasteiger partial charge is 2.00 e. The molecule has 0 saturated heterocycles. The molecule has 55 heavy (non-hydrogen) atoms. The van der Waals surface area contributed by atoms with Gasteiger partial charge in [0.05, 0.1) is 21.2 Å². The van der Waals surface area contributed by atoms with Crippen molar-refractivity contribution in [2.24, 2.45) is 20.5 Å². The van der Waals surface area contributed by atoms with Gasteiger partial charge in [-0.05, 0) is 76.5 Å². The number of carbonyl (C=O) groups excluding carboxylic acids is 2. The maximum atomic E-state index is 12.3. The van der Waals surface area contributed by atoms with Gasteiger partial charge in [0.1, 0.15) is 11.5 Å². The second-order valence-corrected chi connectivity index (χ2v) is 14.4. The number of benzene rings is 4. The van der Waals surface area contributed by atoms with Crippen LogP contribution in [0.3, 0.4) is 0 Å². The minimum atomic E-state index is -3.78. The number of anilines is 2. The maximum Gasteiger partial charge on any atom is 2.00 e. The fourth-order valence-electron chi connectivity index (χ4n) is 3.92. The van der Waals surface area contributed by atoms with Crippen LogP contribution in [0, 0.1) is 0 Å². The number of azo groups is 2. The Morgan fingerprint density at radius 1 is 0.582 bits per heavy atom. The van der Waals surface area contributed by atoms with Gasteiger partial charge < -0.3 is 31.1 Å². The quantitative estimate of drug-likeness (QED) is 0.0507. The van der Waals surface area contributed by atoms with Crippen LogP contribution in [-0.4, -0.2) is 53.0 Å². The molecule has 18 nitrogen and oxygen atoms in total. The number of hydrogen-bond acceptors (Lipinski definition) is 14. The number of carbonyl (C=O) groups is 2. The van der Waals surface area contributed by atoms with Crippen LogP contribution < -0.4 is 30.3 Å². The van der Waals surface area contributed by atoms with E-state index in [1.807, 2.05) is 0 Å². The summed E-state index contributed by atoms with van der Waals surface area (Å²) >= 11 is 0. The molecule has 0 atom stereocenters. The Bertz CT molecular complexity index is 2170. The van der Waals surface area contributed by atoms with E-state index in [0.717, 1.165) is 36.4 Å². The maximum absolute atomic E-state index is 12.3. The molecule has 0 radical (unpaired) electrons. The zero-order valence-electron chi connectivity index (χ0n) is 29.4. The third-order valence-electron chi connectivity index (χ3n) is 6.71. The summed E-state index contributed by atoms with van der Waals surface area (Å²) in [6.07, 6.45) is 0. The fraction of sp³-hybridized carbons (Fsp3) is 0.118. The molecule has 0 aliphatic rings. The van der Waals surface area contributed by atoms with Gasteiger partial charge in [0.15, 0.2) is 11.4 Å². The molecular weight excluding hydrogens is 800 g/mol. The molecule has 0 aliphatic carbocycles. The average Bonchev–Trinajstić information content (AvgIpc) is 3.13. The predicted molar refractivity (Wildman–Crippen MR) is 194 cm³/mol. The van der Waals surface area contributed by atoms with Gasteiger partial charge in [-0.15, -0.1) is 10.2 Å². The van der Waals surface area contributed by atoms with Gasteiger partial charge in [0.25, 0.3) is 11.8 Å². The van der Waals surface area contributed by atoms with E-state index in [1.54, 1.807) is 60.7 Å². The van der Waals surface area contributed by atoms with Crippen LogP contribution in [-0.2, 0) is 46.7 Å². The molecule has 0 aromatic heterocycles. The third-order valence-corrected chi connectivity index (χ3v) is 9.54. The molecule has 6 N–H and O–H groups in total. The number of allylic oxidation sites excluding steroid dienone is 2. The van der Waals surface area contributed by atoms with Crippen LogP contribution in [0.4, 0.5) is 22.7 Å². The molecule has 4 aromatic carbocycles. The van der Waals surface area contributed by atoms with Crippen LogP contribution in [0.5, 0.6) is 11.5 Å². The van der Waals surface area contributed by atoms with Crippen molar-refractivity contribution in [1.29, 1.82) is 0 Å². The molecule has 0 bridgehead atoms. The second kappa shape index (κ2) is 20.5. The average molecular weight is 835 g/mol. The first-order chi connectivity index (χ1) is 25.5. The zero-order chi connectivity index (χ0) is 40.1. The molecule has 0 heterocycles. The summed E-state index contributed by atoms with van der Waals surface area (Å²) in [5.74, 6) is -3.50. The first-order valence-corrected chi connectivity index (χ1v) is 18.3. The monoisotopic (exact) mass is 834 g/mol. The fourth-order valence-corrected chi connectivity index (χ4v) is 5.42. The number of amides is 2. The van der Waals surface area contributed by atoms with Gasteiger partial charge in [-0.3, -0.25) is 9.59 Å². The van der Waals surface area contributed by atoms with Gasteiger partial charge in [-0.1, -0.05) is 60.0 Å². The summed E-state index contributed by atoms with van der Waals surface area (Å²) in [5.41, 5.74) is -0.471. The molecular formula is C34H34FeN8O10S2. The van der Waals surface area contributed by atoms with Crippen LogP contribution in [0.15, 0.2) is 150 Å². The molecule has 2 amide bonds. The van der Waals surface area contributed by atoms with E-state index >= 15 is 0 Å². The molecule has 4 aromatic rings. The molecule has 0 aliphatic heterocycles. The van der Waals surface area contributed by atoms with Crippen molar-refractivity contribution in [1.82, 2.24) is 9.44 Å². The Kier molecular flexibility index (Phi) is 16.8. The van der Waals surface area contributed by atoms with Gasteiger partial charge in [-0.25, -0.2) is 26.3 Å². The molecule has 4 rings (SSSR count). The molecule has 21 heteroatoms. The molecule has 0 unspecified atom stereocenters. The Labute approximate surface area is 327 Å². The molecule has 0 spiro atoms. The van der Waals surface area contributed by atoms with E-state index in [-0.39, 0.29) is 38.2 Å². The molecule has 290 valence electrons. The standard InChI is InChI=1S/2C17H18N4O5S.Fe/c2*1-11(22)16(17(24)19-12-6-4-3-5-7-12)21-20-14-10-13(8-9-15(14)23)27(25,26)18-2;/h2*3-10,18,22-23H,1-2H3,(H,19,24);/q;;+2/p-2. The number of nitrogens with one attached hydrogen (secondary N) is 4. The van der Waals surface area contributed by atoms with Crippen LogP contribution in [0.25, 0.3) is 0 Å². The van der Waals surface area contributed by atoms with E-state index in [0.29, 0.717) is 11.4 Å². The van der Waals surface area contributed by atoms with Gasteiger partial charge in [0, 0.05) is 11.4 Å². The topological polar surface area (TPSA) is 287 Å². The van der Waals surface area contributed by atoms with E-state index < -0.39 is 66.3 Å². The van der Waals surface area contributed by atoms with Crippen molar-refractivity contribution in [2.75, 3.05) is 24.7 Å². The summed E-state index contributed by atoms with van der Waals surface area (Å²) in [5, 5.41) is 62.8. The van der Waals surface area contributed by atoms with Crippen LogP contribution >= 0.6 is 0 Å². The Hall–Kier alpha value is -5.96. The number of hydrogen-bond donors (Lipinski definition) is 6. The van der Waals surface area contributed by atoms with Crippen molar-refractivity contribution >= 4 is 54.6 Å². The minimum Gasteiger partial charge on any atom is -0.871 e. The van der Waals surface area contributed by atoms with Crippen molar-refractivity contribution < 1.29 is 63.9 Å². The number of rotatable bonds is 12. The second-order valence-electron chi connectivity index (χ2n) is 10.6. The number of aliphatic hydroxyl groups is 2. The number of aliphatic hydroxyl groups excluding tert-OH is 2. The van der Waals surface area contributed by atoms with Gasteiger partial charge in [-0.2, -0.15) is 10.2 Å². The summed E-state index contributed by atoms with van der Waals surface area (Å²) in [6.45, 7) is 2.47. The van der Waals surface area contributed by atoms with Gasteiger partial charge in [0.2, 0.25) is 20.0 Å². The minimum absolute atomic E-state index is 0. The first kappa shape index (κ1) is 45.2. The van der Waals surface area contributed by atoms with Crippen LogP contribution in [0.2, 0.25) is 0 Å². The number of nitrogens with zero attached hydrogens (tertiary/aromatic N) is 4. The van der Waals surface area contributed by atoms with E-state index in [2.05, 4.69) is 40.5 Å². The SMILES string of the molecule is CNS(=O)(=O)c1ccc([O-])c(N=NC(C(=O)Nc2ccccc2)=C(C)O)c1.CNS(=O)(=O)c1ccc([O-])c(N=NC(C(=O)Nc2ccccc2)=C(C)O)c1.[Fe+2]. The Morgan fingerprint density at radius 2 is 0.909 bits per heavy atom. The zero-order valence-corrected chi connectivity index (χ0v) is 32.1. The Morgan fingerprint density at radius 3 is 1.20 bits per heavy atom. The van der Waals surface area contributed by atoms with E-state index in [1.165, 1.54) is 27.9 Å².